The highest BCUT2D eigenvalue weighted by atomic mass is 79.9. The molecule has 1 heterocycles. The zero-order valence-corrected chi connectivity index (χ0v) is 10.9. The third kappa shape index (κ3) is 2.87. The summed E-state index contributed by atoms with van der Waals surface area (Å²) in [6.45, 7) is -0.898. The summed E-state index contributed by atoms with van der Waals surface area (Å²) in [4.78, 5) is 11.0. The lowest BCUT2D eigenvalue weighted by Gasteiger charge is -2.32. The lowest BCUT2D eigenvalue weighted by Crippen LogP contribution is -2.49. The van der Waals surface area contributed by atoms with Crippen molar-refractivity contribution in [2.45, 2.75) is 12.0 Å². The number of halogens is 4. The molecule has 1 N–H and O–H groups in total. The summed E-state index contributed by atoms with van der Waals surface area (Å²) >= 11 is 3.18. The number of ether oxygens (including phenoxy) is 1. The molecule has 1 saturated heterocycles. The number of amides is 1. The molecule has 0 aromatic heterocycles. The van der Waals surface area contributed by atoms with Crippen LogP contribution >= 0.6 is 28.3 Å². The predicted octanol–water partition coefficient (Wildman–Crippen LogP) is 3.29. The van der Waals surface area contributed by atoms with Crippen molar-refractivity contribution in [3.8, 4) is 0 Å². The summed E-state index contributed by atoms with van der Waals surface area (Å²) in [7, 11) is 0. The first-order valence-corrected chi connectivity index (χ1v) is 5.35. The Morgan fingerprint density at radius 3 is 2.71 bits per heavy atom. The number of carbonyl (C=O) groups excluding carboxylic acids is 1. The number of carbonyl (C=O) groups is 1. The van der Waals surface area contributed by atoms with Crippen molar-refractivity contribution >= 4 is 34.4 Å². The maximum absolute atomic E-state index is 13.5. The fourth-order valence-electron chi connectivity index (χ4n) is 1.52. The molecule has 0 aliphatic carbocycles. The van der Waals surface area contributed by atoms with Gasteiger partial charge in [-0.05, 0) is 11.6 Å². The Labute approximate surface area is 111 Å². The SMILES string of the molecule is Cl.O=C1N[C@@H](c2ccccc2Br)C(F)(F)CO1. The van der Waals surface area contributed by atoms with Crippen LogP contribution in [0.1, 0.15) is 11.6 Å². The van der Waals surface area contributed by atoms with E-state index in [1.807, 2.05) is 0 Å². The van der Waals surface area contributed by atoms with E-state index in [4.69, 9.17) is 0 Å². The van der Waals surface area contributed by atoms with Gasteiger partial charge in [-0.15, -0.1) is 12.4 Å². The maximum atomic E-state index is 13.5. The second-order valence-electron chi connectivity index (χ2n) is 3.44. The Morgan fingerprint density at radius 1 is 1.41 bits per heavy atom. The van der Waals surface area contributed by atoms with Crippen LogP contribution in [0.15, 0.2) is 28.7 Å². The largest absolute Gasteiger partial charge is 0.443 e. The molecular formula is C10H9BrClF2NO2. The molecule has 1 amide bonds. The van der Waals surface area contributed by atoms with Crippen LogP contribution in [0.3, 0.4) is 0 Å². The van der Waals surface area contributed by atoms with Gasteiger partial charge in [-0.1, -0.05) is 34.1 Å². The van der Waals surface area contributed by atoms with Crippen molar-refractivity contribution in [3.63, 3.8) is 0 Å². The van der Waals surface area contributed by atoms with Crippen molar-refractivity contribution < 1.29 is 18.3 Å². The fourth-order valence-corrected chi connectivity index (χ4v) is 2.04. The molecule has 0 bridgehead atoms. The second-order valence-corrected chi connectivity index (χ2v) is 4.29. The first kappa shape index (κ1) is 14.2. The zero-order chi connectivity index (χ0) is 11.8. The molecule has 2 rings (SSSR count). The molecule has 17 heavy (non-hydrogen) atoms. The molecule has 1 aliphatic rings. The second kappa shape index (κ2) is 5.18. The standard InChI is InChI=1S/C10H8BrF2NO2.ClH/c11-7-4-2-1-3-6(7)8-10(12,13)5-16-9(15)14-8;/h1-4,8H,5H2,(H,14,15);1H/t8-;/m0./s1. The van der Waals surface area contributed by atoms with E-state index < -0.39 is 24.7 Å². The van der Waals surface area contributed by atoms with Gasteiger partial charge in [-0.3, -0.25) is 0 Å². The number of nitrogens with one attached hydrogen (secondary N) is 1. The molecule has 1 fully saturated rings. The average molecular weight is 329 g/mol. The Balaban J connectivity index is 0.00000144. The molecule has 1 aromatic rings. The summed E-state index contributed by atoms with van der Waals surface area (Å²) in [5.74, 6) is -3.11. The number of hydrogen-bond donors (Lipinski definition) is 1. The first-order chi connectivity index (χ1) is 7.50. The number of alkyl carbamates (subject to hydrolysis) is 1. The fraction of sp³-hybridized carbons (Fsp3) is 0.300. The van der Waals surface area contributed by atoms with Crippen molar-refractivity contribution in [3.05, 3.63) is 34.3 Å². The quantitative estimate of drug-likeness (QED) is 0.859. The Bertz CT molecular complexity index is 431. The molecule has 94 valence electrons. The highest BCUT2D eigenvalue weighted by Crippen LogP contribution is 2.37. The molecular weight excluding hydrogens is 319 g/mol. The van der Waals surface area contributed by atoms with Crippen LogP contribution in [0.5, 0.6) is 0 Å². The van der Waals surface area contributed by atoms with Gasteiger partial charge in [0.25, 0.3) is 0 Å². The Morgan fingerprint density at radius 2 is 2.06 bits per heavy atom. The molecule has 1 aromatic carbocycles. The summed E-state index contributed by atoms with van der Waals surface area (Å²) < 4.78 is 31.9. The Kier molecular flexibility index (Phi) is 4.32. The van der Waals surface area contributed by atoms with Gasteiger partial charge in [0.15, 0.2) is 6.61 Å². The van der Waals surface area contributed by atoms with Crippen LogP contribution in [-0.2, 0) is 4.74 Å². The first-order valence-electron chi connectivity index (χ1n) is 4.56. The monoisotopic (exact) mass is 327 g/mol. The molecule has 3 nitrogen and oxygen atoms in total. The minimum atomic E-state index is -3.11. The Hall–Kier alpha value is -0.880. The third-order valence-corrected chi connectivity index (χ3v) is 3.02. The topological polar surface area (TPSA) is 38.3 Å². The molecule has 0 radical (unpaired) electrons. The van der Waals surface area contributed by atoms with Crippen LogP contribution in [0.4, 0.5) is 13.6 Å². The highest BCUT2D eigenvalue weighted by Gasteiger charge is 2.47. The van der Waals surface area contributed by atoms with Crippen LogP contribution in [0.25, 0.3) is 0 Å². The van der Waals surface area contributed by atoms with E-state index in [9.17, 15) is 13.6 Å². The molecule has 0 unspecified atom stereocenters. The van der Waals surface area contributed by atoms with Crippen LogP contribution < -0.4 is 5.32 Å². The number of hydrogen-bond acceptors (Lipinski definition) is 2. The van der Waals surface area contributed by atoms with Gasteiger partial charge >= 0.3 is 12.0 Å². The summed E-state index contributed by atoms with van der Waals surface area (Å²) in [6.07, 6.45) is -0.827. The number of benzene rings is 1. The highest BCUT2D eigenvalue weighted by molar-refractivity contribution is 9.10. The number of rotatable bonds is 1. The summed E-state index contributed by atoms with van der Waals surface area (Å²) in [5.41, 5.74) is 0.337. The molecule has 1 atom stereocenters. The van der Waals surface area contributed by atoms with Crippen LogP contribution in [0.2, 0.25) is 0 Å². The van der Waals surface area contributed by atoms with E-state index in [0.29, 0.717) is 10.0 Å². The predicted molar refractivity (Wildman–Crippen MR) is 63.6 cm³/mol. The van der Waals surface area contributed by atoms with Gasteiger partial charge in [0.05, 0.1) is 0 Å². The normalized spacial score (nSPS) is 22.1. The van der Waals surface area contributed by atoms with Gasteiger partial charge in [0, 0.05) is 4.47 Å². The molecule has 0 spiro atoms. The van der Waals surface area contributed by atoms with E-state index in [1.54, 1.807) is 18.2 Å². The minimum absolute atomic E-state index is 0. The van der Waals surface area contributed by atoms with E-state index in [2.05, 4.69) is 26.0 Å². The minimum Gasteiger partial charge on any atom is -0.443 e. The number of alkyl halides is 2. The van der Waals surface area contributed by atoms with Crippen molar-refractivity contribution in [1.82, 2.24) is 5.32 Å². The van der Waals surface area contributed by atoms with Crippen LogP contribution in [0, 0.1) is 0 Å². The zero-order valence-electron chi connectivity index (χ0n) is 8.45. The third-order valence-electron chi connectivity index (χ3n) is 2.30. The lowest BCUT2D eigenvalue weighted by molar-refractivity contribution is -0.104. The lowest BCUT2D eigenvalue weighted by atomic mass is 10.0. The summed E-state index contributed by atoms with van der Waals surface area (Å²) in [5, 5.41) is 2.12. The van der Waals surface area contributed by atoms with E-state index in [1.165, 1.54) is 6.07 Å². The molecule has 0 saturated carbocycles. The van der Waals surface area contributed by atoms with Crippen LogP contribution in [-0.4, -0.2) is 18.6 Å². The van der Waals surface area contributed by atoms with Gasteiger partial charge < -0.3 is 10.1 Å². The van der Waals surface area contributed by atoms with Gasteiger partial charge in [0.2, 0.25) is 0 Å². The average Bonchev–Trinajstić information content (AvgIpc) is 2.23. The smallest absolute Gasteiger partial charge is 0.408 e. The van der Waals surface area contributed by atoms with E-state index >= 15 is 0 Å². The van der Waals surface area contributed by atoms with E-state index in [-0.39, 0.29) is 12.4 Å². The van der Waals surface area contributed by atoms with Crippen molar-refractivity contribution in [2.75, 3.05) is 6.61 Å². The number of cyclic esters (lactones) is 1. The van der Waals surface area contributed by atoms with Gasteiger partial charge in [-0.2, -0.15) is 0 Å². The van der Waals surface area contributed by atoms with Gasteiger partial charge in [0.1, 0.15) is 6.04 Å². The van der Waals surface area contributed by atoms with E-state index in [0.717, 1.165) is 0 Å². The molecule has 7 heteroatoms. The molecule has 1 aliphatic heterocycles. The van der Waals surface area contributed by atoms with Gasteiger partial charge in [-0.25, -0.2) is 13.6 Å². The summed E-state index contributed by atoms with van der Waals surface area (Å²) in [6, 6.07) is 5.18. The maximum Gasteiger partial charge on any atom is 0.408 e. The van der Waals surface area contributed by atoms with Crippen molar-refractivity contribution in [2.24, 2.45) is 0 Å². The van der Waals surface area contributed by atoms with Crippen molar-refractivity contribution in [1.29, 1.82) is 0 Å².